The average Bonchev–Trinajstić information content (AvgIpc) is 3.40. The number of nitrogens with zero attached hydrogens (tertiary/aromatic N) is 2. The predicted octanol–water partition coefficient (Wildman–Crippen LogP) is 7.83. The first kappa shape index (κ1) is 27.3. The van der Waals surface area contributed by atoms with Crippen molar-refractivity contribution < 1.29 is 23.7 Å². The molecule has 0 aliphatic carbocycles. The third kappa shape index (κ3) is 5.43. The highest BCUT2D eigenvalue weighted by Gasteiger charge is 2.42. The van der Waals surface area contributed by atoms with Crippen LogP contribution in [0.5, 0.6) is 28.7 Å². The van der Waals surface area contributed by atoms with E-state index < -0.39 is 6.23 Å². The Morgan fingerprint density at radius 2 is 1.64 bits per heavy atom. The van der Waals surface area contributed by atoms with Crippen LogP contribution in [0.3, 0.4) is 0 Å². The van der Waals surface area contributed by atoms with Crippen molar-refractivity contribution in [1.29, 1.82) is 0 Å². The van der Waals surface area contributed by atoms with E-state index in [1.165, 1.54) is 0 Å². The third-order valence-corrected chi connectivity index (χ3v) is 7.50. The second-order valence-electron chi connectivity index (χ2n) is 9.46. The highest BCUT2D eigenvalue weighted by molar-refractivity contribution is 6.35. The van der Waals surface area contributed by atoms with Crippen LogP contribution in [-0.4, -0.2) is 38.7 Å². The molecule has 0 bridgehead atoms. The molecule has 5 rings (SSSR count). The Kier molecular flexibility index (Phi) is 8.29. The van der Waals surface area contributed by atoms with Gasteiger partial charge in [-0.2, -0.15) is 5.10 Å². The minimum Gasteiger partial charge on any atom is -0.493 e. The van der Waals surface area contributed by atoms with Crippen LogP contribution in [0.4, 0.5) is 0 Å². The van der Waals surface area contributed by atoms with Crippen LogP contribution in [0, 0.1) is 0 Å². The summed E-state index contributed by atoms with van der Waals surface area (Å²) in [5.41, 5.74) is 3.59. The molecule has 0 unspecified atom stereocenters. The van der Waals surface area contributed by atoms with Gasteiger partial charge in [0.05, 0.1) is 44.7 Å². The molecule has 0 aromatic heterocycles. The number of rotatable bonds is 10. The van der Waals surface area contributed by atoms with Gasteiger partial charge in [-0.05, 0) is 55.0 Å². The van der Waals surface area contributed by atoms with Crippen molar-refractivity contribution >= 4 is 28.9 Å². The second-order valence-corrected chi connectivity index (χ2v) is 10.3. The summed E-state index contributed by atoms with van der Waals surface area (Å²) in [6.45, 7) is 2.81. The van der Waals surface area contributed by atoms with E-state index in [9.17, 15) is 0 Å². The Hall–Kier alpha value is -3.29. The molecule has 2 atom stereocenters. The predicted molar refractivity (Wildman–Crippen MR) is 153 cm³/mol. The number of ether oxygens (including phenoxy) is 5. The second kappa shape index (κ2) is 11.8. The monoisotopic (exact) mass is 570 g/mol. The maximum Gasteiger partial charge on any atom is 0.214 e. The van der Waals surface area contributed by atoms with Crippen LogP contribution in [0.15, 0.2) is 53.6 Å². The molecule has 0 N–H and O–H groups in total. The summed E-state index contributed by atoms with van der Waals surface area (Å²) < 4.78 is 29.2. The summed E-state index contributed by atoms with van der Waals surface area (Å²) in [5, 5.41) is 8.03. The molecule has 39 heavy (non-hydrogen) atoms. The van der Waals surface area contributed by atoms with E-state index in [4.69, 9.17) is 52.0 Å². The fraction of sp³-hybridized carbons (Fsp3) is 0.367. The van der Waals surface area contributed by atoms with Gasteiger partial charge in [-0.25, -0.2) is 5.01 Å². The van der Waals surface area contributed by atoms with E-state index in [0.29, 0.717) is 51.8 Å². The van der Waals surface area contributed by atoms with Crippen LogP contribution in [0.2, 0.25) is 10.0 Å². The Morgan fingerprint density at radius 1 is 0.897 bits per heavy atom. The molecule has 206 valence electrons. The molecular formula is C30H32Cl2N2O5. The van der Waals surface area contributed by atoms with Gasteiger partial charge in [-0.3, -0.25) is 0 Å². The maximum atomic E-state index is 6.64. The van der Waals surface area contributed by atoms with E-state index in [0.717, 1.165) is 41.7 Å². The largest absolute Gasteiger partial charge is 0.493 e. The van der Waals surface area contributed by atoms with Gasteiger partial charge in [0.2, 0.25) is 6.23 Å². The molecule has 3 aromatic rings. The lowest BCUT2D eigenvalue weighted by Gasteiger charge is -2.38. The van der Waals surface area contributed by atoms with Crippen molar-refractivity contribution in [2.24, 2.45) is 5.10 Å². The first-order chi connectivity index (χ1) is 19.0. The topological polar surface area (TPSA) is 61.8 Å². The zero-order valence-electron chi connectivity index (χ0n) is 22.5. The number of benzene rings is 3. The summed E-state index contributed by atoms with van der Waals surface area (Å²) in [4.78, 5) is 0. The maximum absolute atomic E-state index is 6.64. The highest BCUT2D eigenvalue weighted by atomic mass is 35.5. The molecular weight excluding hydrogens is 539 g/mol. The van der Waals surface area contributed by atoms with Crippen molar-refractivity contribution in [2.45, 2.75) is 44.9 Å². The van der Waals surface area contributed by atoms with Crippen LogP contribution in [-0.2, 0) is 0 Å². The van der Waals surface area contributed by atoms with Crippen molar-refractivity contribution in [2.75, 3.05) is 27.9 Å². The summed E-state index contributed by atoms with van der Waals surface area (Å²) >= 11 is 13.1. The normalized spacial score (nSPS) is 17.6. The Morgan fingerprint density at radius 3 is 2.38 bits per heavy atom. The fourth-order valence-corrected chi connectivity index (χ4v) is 5.57. The van der Waals surface area contributed by atoms with E-state index in [-0.39, 0.29) is 6.04 Å². The molecule has 0 spiro atoms. The fourth-order valence-electron chi connectivity index (χ4n) is 5.02. The summed E-state index contributed by atoms with van der Waals surface area (Å²) in [6.07, 6.45) is 3.35. The van der Waals surface area contributed by atoms with Crippen molar-refractivity contribution in [3.63, 3.8) is 0 Å². The van der Waals surface area contributed by atoms with Crippen LogP contribution in [0.25, 0.3) is 0 Å². The number of hydrogen-bond acceptors (Lipinski definition) is 7. The average molecular weight is 572 g/mol. The molecule has 9 heteroatoms. The number of unbranched alkanes of at least 4 members (excludes halogenated alkanes) is 2. The molecule has 3 aromatic carbocycles. The summed E-state index contributed by atoms with van der Waals surface area (Å²) in [7, 11) is 4.88. The number of halogens is 2. The number of fused-ring (bicyclic) bond motifs is 3. The van der Waals surface area contributed by atoms with E-state index in [1.807, 2.05) is 47.5 Å². The molecule has 0 fully saturated rings. The Labute approximate surface area is 239 Å². The molecule has 0 radical (unpaired) electrons. The lowest BCUT2D eigenvalue weighted by molar-refractivity contribution is -0.0190. The van der Waals surface area contributed by atoms with E-state index in [1.54, 1.807) is 27.4 Å². The zero-order chi connectivity index (χ0) is 27.5. The molecule has 0 saturated carbocycles. The van der Waals surface area contributed by atoms with Crippen LogP contribution < -0.4 is 23.7 Å². The summed E-state index contributed by atoms with van der Waals surface area (Å²) in [5.74, 6) is 3.24. The van der Waals surface area contributed by atoms with E-state index in [2.05, 4.69) is 6.92 Å². The number of hydrazone groups is 1. The van der Waals surface area contributed by atoms with Gasteiger partial charge in [0.1, 0.15) is 5.75 Å². The quantitative estimate of drug-likeness (QED) is 0.231. The molecule has 0 amide bonds. The standard InChI is InChI=1S/C30H32Cl2N2O5/c1-5-6-7-12-38-26-11-9-19(14-28(26)37-4)30-34-24(21-15-20(31)16-22(32)29(21)39-30)17-23(33-34)18-8-10-25(35-2)27(13-18)36-3/h8-11,13-16,24,30H,5-7,12,17H2,1-4H3/t24-,30-/m1/s1. The van der Waals surface area contributed by atoms with Crippen LogP contribution in [0.1, 0.15) is 61.6 Å². The van der Waals surface area contributed by atoms with Gasteiger partial charge in [0, 0.05) is 28.1 Å². The first-order valence-electron chi connectivity index (χ1n) is 13.0. The molecule has 7 nitrogen and oxygen atoms in total. The lowest BCUT2D eigenvalue weighted by atomic mass is 9.95. The van der Waals surface area contributed by atoms with Crippen LogP contribution >= 0.6 is 23.2 Å². The van der Waals surface area contributed by atoms with Crippen molar-refractivity contribution in [1.82, 2.24) is 5.01 Å². The molecule has 2 heterocycles. The number of methoxy groups -OCH3 is 3. The van der Waals surface area contributed by atoms with Gasteiger partial charge < -0.3 is 23.7 Å². The smallest absolute Gasteiger partial charge is 0.214 e. The molecule has 0 saturated heterocycles. The Bertz CT molecular complexity index is 1380. The third-order valence-electron chi connectivity index (χ3n) is 7.00. The zero-order valence-corrected chi connectivity index (χ0v) is 24.0. The number of hydrogen-bond donors (Lipinski definition) is 0. The SMILES string of the molecule is CCCCCOc1ccc([C@H]2Oc3c(Cl)cc(Cl)cc3[C@H]3CC(c4ccc(OC)c(OC)c4)=NN32)cc1OC. The van der Waals surface area contributed by atoms with Crippen molar-refractivity contribution in [3.05, 3.63) is 75.3 Å². The lowest BCUT2D eigenvalue weighted by Crippen LogP contribution is -2.33. The summed E-state index contributed by atoms with van der Waals surface area (Å²) in [6, 6.07) is 15.1. The highest BCUT2D eigenvalue weighted by Crippen LogP contribution is 2.51. The van der Waals surface area contributed by atoms with Gasteiger partial charge in [0.25, 0.3) is 0 Å². The van der Waals surface area contributed by atoms with Gasteiger partial charge >= 0.3 is 0 Å². The van der Waals surface area contributed by atoms with Gasteiger partial charge in [-0.15, -0.1) is 0 Å². The molecule has 2 aliphatic heterocycles. The first-order valence-corrected chi connectivity index (χ1v) is 13.8. The van der Waals surface area contributed by atoms with Gasteiger partial charge in [0.15, 0.2) is 23.0 Å². The van der Waals surface area contributed by atoms with E-state index >= 15 is 0 Å². The Balaban J connectivity index is 1.53. The molecule has 2 aliphatic rings. The van der Waals surface area contributed by atoms with Gasteiger partial charge in [-0.1, -0.05) is 43.0 Å². The van der Waals surface area contributed by atoms with Crippen molar-refractivity contribution in [3.8, 4) is 28.7 Å². The minimum atomic E-state index is -0.540. The minimum absolute atomic E-state index is 0.131.